The van der Waals surface area contributed by atoms with Crippen molar-refractivity contribution in [2.45, 2.75) is 0 Å². The van der Waals surface area contributed by atoms with Gasteiger partial charge in [0.1, 0.15) is 11.2 Å². The Balaban J connectivity index is 1.47. The zero-order valence-electron chi connectivity index (χ0n) is 16.0. The number of pyridine rings is 3. The second kappa shape index (κ2) is 6.89. The Morgan fingerprint density at radius 1 is 1.00 bits per heavy atom. The Morgan fingerprint density at radius 3 is 2.80 bits per heavy atom. The minimum Gasteiger partial charge on any atom is -0.378 e. The molecular formula is C21H18N8O. The van der Waals surface area contributed by atoms with Crippen LogP contribution in [0.25, 0.3) is 44.7 Å². The fraction of sp³-hybridized carbons (Fsp3) is 0.190. The number of morpholine rings is 1. The molecule has 9 nitrogen and oxygen atoms in total. The predicted octanol–water partition coefficient (Wildman–Crippen LogP) is 2.79. The lowest BCUT2D eigenvalue weighted by molar-refractivity contribution is 0.123. The van der Waals surface area contributed by atoms with Gasteiger partial charge in [-0.15, -0.1) is 0 Å². The van der Waals surface area contributed by atoms with E-state index in [4.69, 9.17) is 9.72 Å². The van der Waals surface area contributed by atoms with E-state index in [9.17, 15) is 0 Å². The van der Waals surface area contributed by atoms with Crippen LogP contribution in [-0.2, 0) is 4.74 Å². The molecule has 0 spiro atoms. The van der Waals surface area contributed by atoms with Crippen molar-refractivity contribution in [3.8, 4) is 22.8 Å². The van der Waals surface area contributed by atoms with Gasteiger partial charge < -0.3 is 14.6 Å². The Labute approximate surface area is 171 Å². The Kier molecular flexibility index (Phi) is 3.91. The summed E-state index contributed by atoms with van der Waals surface area (Å²) in [5.74, 6) is 0.696. The number of hydrogen-bond donors (Lipinski definition) is 2. The summed E-state index contributed by atoms with van der Waals surface area (Å²) in [6.07, 6.45) is 9.01. The highest BCUT2D eigenvalue weighted by molar-refractivity contribution is 5.96. The van der Waals surface area contributed by atoms with E-state index in [1.54, 1.807) is 24.8 Å². The van der Waals surface area contributed by atoms with E-state index in [0.717, 1.165) is 57.7 Å². The quantitative estimate of drug-likeness (QED) is 0.481. The highest BCUT2D eigenvalue weighted by atomic mass is 16.5. The number of aromatic nitrogens is 7. The Morgan fingerprint density at radius 2 is 1.93 bits per heavy atom. The van der Waals surface area contributed by atoms with Crippen molar-refractivity contribution in [2.75, 3.05) is 31.2 Å². The van der Waals surface area contributed by atoms with Gasteiger partial charge in [0.15, 0.2) is 5.82 Å². The maximum atomic E-state index is 5.48. The van der Waals surface area contributed by atoms with Crippen molar-refractivity contribution in [3.05, 3.63) is 49.2 Å². The molecule has 0 atom stereocenters. The molecule has 1 aliphatic heterocycles. The number of H-pyrrole nitrogens is 2. The van der Waals surface area contributed by atoms with E-state index in [0.29, 0.717) is 19.0 Å². The van der Waals surface area contributed by atoms with Gasteiger partial charge in [-0.2, -0.15) is 5.10 Å². The Hall–Kier alpha value is -3.85. The van der Waals surface area contributed by atoms with E-state index >= 15 is 0 Å². The van der Waals surface area contributed by atoms with Gasteiger partial charge in [0.2, 0.25) is 0 Å². The number of anilines is 1. The van der Waals surface area contributed by atoms with Gasteiger partial charge in [-0.1, -0.05) is 0 Å². The predicted molar refractivity (Wildman–Crippen MR) is 113 cm³/mol. The highest BCUT2D eigenvalue weighted by Crippen LogP contribution is 2.31. The molecule has 30 heavy (non-hydrogen) atoms. The molecule has 0 unspecified atom stereocenters. The number of ether oxygens (including phenoxy) is 1. The minimum absolute atomic E-state index is 0.696. The third-order valence-corrected chi connectivity index (χ3v) is 5.36. The van der Waals surface area contributed by atoms with Crippen molar-refractivity contribution in [1.82, 2.24) is 35.1 Å². The number of nitrogens with one attached hydrogen (secondary N) is 2. The molecule has 0 bridgehead atoms. The molecule has 148 valence electrons. The van der Waals surface area contributed by atoms with Crippen molar-refractivity contribution >= 4 is 27.6 Å². The summed E-state index contributed by atoms with van der Waals surface area (Å²) in [5.41, 5.74) is 6.17. The van der Waals surface area contributed by atoms with E-state index < -0.39 is 0 Å². The van der Waals surface area contributed by atoms with Gasteiger partial charge in [0.25, 0.3) is 0 Å². The summed E-state index contributed by atoms with van der Waals surface area (Å²) in [5, 5.41) is 8.51. The van der Waals surface area contributed by atoms with Crippen LogP contribution in [0.5, 0.6) is 0 Å². The number of imidazole rings is 1. The van der Waals surface area contributed by atoms with E-state index in [1.807, 2.05) is 24.4 Å². The fourth-order valence-electron chi connectivity index (χ4n) is 3.84. The molecule has 6 heterocycles. The zero-order valence-corrected chi connectivity index (χ0v) is 16.0. The Bertz CT molecular complexity index is 1340. The second-order valence-electron chi connectivity index (χ2n) is 7.17. The second-order valence-corrected chi connectivity index (χ2v) is 7.17. The first-order valence-corrected chi connectivity index (χ1v) is 9.78. The van der Waals surface area contributed by atoms with Gasteiger partial charge in [0, 0.05) is 36.4 Å². The maximum absolute atomic E-state index is 5.48. The van der Waals surface area contributed by atoms with E-state index in [2.05, 4.69) is 35.0 Å². The SMILES string of the molecule is c1cncc(-c2cc3c(-c4nc5c(N6CCOCC6)cncc5[nH]4)n[nH]c3cn2)c1. The molecule has 1 aliphatic rings. The van der Waals surface area contributed by atoms with Crippen molar-refractivity contribution in [1.29, 1.82) is 0 Å². The summed E-state index contributed by atoms with van der Waals surface area (Å²) in [4.78, 5) is 23.7. The smallest absolute Gasteiger partial charge is 0.159 e. The third-order valence-electron chi connectivity index (χ3n) is 5.36. The number of hydrogen-bond acceptors (Lipinski definition) is 7. The first-order chi connectivity index (χ1) is 14.9. The van der Waals surface area contributed by atoms with Gasteiger partial charge in [-0.05, 0) is 18.2 Å². The summed E-state index contributed by atoms with van der Waals surface area (Å²) in [7, 11) is 0. The zero-order chi connectivity index (χ0) is 19.9. The molecule has 0 aromatic carbocycles. The third kappa shape index (κ3) is 2.79. The van der Waals surface area contributed by atoms with Gasteiger partial charge in [-0.25, -0.2) is 4.98 Å². The molecule has 0 radical (unpaired) electrons. The van der Waals surface area contributed by atoms with Crippen LogP contribution in [0.1, 0.15) is 0 Å². The average Bonchev–Trinajstić information content (AvgIpc) is 3.43. The van der Waals surface area contributed by atoms with Crippen LogP contribution in [0.4, 0.5) is 5.69 Å². The van der Waals surface area contributed by atoms with Gasteiger partial charge in [0.05, 0.1) is 54.2 Å². The average molecular weight is 398 g/mol. The molecule has 9 heteroatoms. The van der Waals surface area contributed by atoms with E-state index in [1.165, 1.54) is 0 Å². The first kappa shape index (κ1) is 17.0. The molecule has 1 fully saturated rings. The van der Waals surface area contributed by atoms with Crippen LogP contribution < -0.4 is 4.90 Å². The summed E-state index contributed by atoms with van der Waals surface area (Å²) in [6.45, 7) is 3.08. The van der Waals surface area contributed by atoms with Crippen molar-refractivity contribution in [3.63, 3.8) is 0 Å². The molecule has 1 saturated heterocycles. The molecular weight excluding hydrogens is 380 g/mol. The van der Waals surface area contributed by atoms with Crippen LogP contribution in [-0.4, -0.2) is 61.4 Å². The number of nitrogens with zero attached hydrogens (tertiary/aromatic N) is 6. The lowest BCUT2D eigenvalue weighted by Crippen LogP contribution is -2.36. The van der Waals surface area contributed by atoms with Crippen molar-refractivity contribution in [2.24, 2.45) is 0 Å². The summed E-state index contributed by atoms with van der Waals surface area (Å²) < 4.78 is 5.48. The van der Waals surface area contributed by atoms with E-state index in [-0.39, 0.29) is 0 Å². The molecule has 2 N–H and O–H groups in total. The minimum atomic E-state index is 0.696. The lowest BCUT2D eigenvalue weighted by atomic mass is 10.1. The molecule has 0 amide bonds. The fourth-order valence-corrected chi connectivity index (χ4v) is 3.84. The van der Waals surface area contributed by atoms with Crippen LogP contribution in [0.2, 0.25) is 0 Å². The molecule has 0 saturated carbocycles. The van der Waals surface area contributed by atoms with Crippen molar-refractivity contribution < 1.29 is 4.74 Å². The van der Waals surface area contributed by atoms with Gasteiger partial charge >= 0.3 is 0 Å². The number of rotatable bonds is 3. The van der Waals surface area contributed by atoms with Crippen LogP contribution in [0.15, 0.2) is 49.2 Å². The lowest BCUT2D eigenvalue weighted by Gasteiger charge is -2.28. The summed E-state index contributed by atoms with van der Waals surface area (Å²) >= 11 is 0. The first-order valence-electron chi connectivity index (χ1n) is 9.78. The topological polar surface area (TPSA) is 109 Å². The molecule has 0 aliphatic carbocycles. The van der Waals surface area contributed by atoms with Gasteiger partial charge in [-0.3, -0.25) is 20.1 Å². The maximum Gasteiger partial charge on any atom is 0.159 e. The normalized spacial score (nSPS) is 14.6. The summed E-state index contributed by atoms with van der Waals surface area (Å²) in [6, 6.07) is 5.90. The molecule has 5 aromatic heterocycles. The largest absolute Gasteiger partial charge is 0.378 e. The number of fused-ring (bicyclic) bond motifs is 2. The highest BCUT2D eigenvalue weighted by Gasteiger charge is 2.19. The van der Waals surface area contributed by atoms with Crippen LogP contribution in [0.3, 0.4) is 0 Å². The molecule has 6 rings (SSSR count). The monoisotopic (exact) mass is 398 g/mol. The van der Waals surface area contributed by atoms with Crippen LogP contribution >= 0.6 is 0 Å². The van der Waals surface area contributed by atoms with Crippen LogP contribution in [0, 0.1) is 0 Å². The number of aromatic amines is 2. The standard InChI is InChI=1S/C21H18N8O/c1-2-13(9-22-3-1)15-8-14-16(11-24-15)27-28-19(14)21-25-17-10-23-12-18(20(17)26-21)29-4-6-30-7-5-29/h1-3,8-12H,4-7H2,(H,25,26)(H,27,28). The molecule has 5 aromatic rings.